The van der Waals surface area contributed by atoms with E-state index in [1.165, 1.54) is 6.92 Å². The number of rotatable bonds is 7. The number of amides is 2. The minimum absolute atomic E-state index is 0.0937. The molecule has 0 aliphatic rings. The van der Waals surface area contributed by atoms with Crippen molar-refractivity contribution in [3.05, 3.63) is 64.3 Å². The second kappa shape index (κ2) is 9.66. The van der Waals surface area contributed by atoms with Crippen LogP contribution < -0.4 is 15.4 Å². The maximum absolute atomic E-state index is 13.3. The molecule has 0 radical (unpaired) electrons. The van der Waals surface area contributed by atoms with Crippen LogP contribution in [0.5, 0.6) is 5.75 Å². The molecule has 2 N–H and O–H groups in total. The molecular weight excluding hydrogens is 418 g/mol. The van der Waals surface area contributed by atoms with E-state index in [9.17, 15) is 14.4 Å². The Hall–Kier alpha value is -3.32. The molecule has 31 heavy (non-hydrogen) atoms. The summed E-state index contributed by atoms with van der Waals surface area (Å²) in [4.78, 5) is 36.8. The summed E-state index contributed by atoms with van der Waals surface area (Å²) >= 11 is 5.95. The largest absolute Gasteiger partial charge is 0.497 e. The highest BCUT2D eigenvalue weighted by atomic mass is 35.5. The monoisotopic (exact) mass is 441 g/mol. The molecule has 0 atom stereocenters. The predicted molar refractivity (Wildman–Crippen MR) is 120 cm³/mol. The van der Waals surface area contributed by atoms with Gasteiger partial charge in [0.1, 0.15) is 5.75 Å². The summed E-state index contributed by atoms with van der Waals surface area (Å²) in [6.45, 7) is 3.92. The smallest absolute Gasteiger partial charge is 0.262 e. The predicted octanol–water partition coefficient (Wildman–Crippen LogP) is 3.10. The van der Waals surface area contributed by atoms with E-state index in [1.807, 2.05) is 19.1 Å². The Kier molecular flexibility index (Phi) is 6.97. The number of methoxy groups -OCH3 is 1. The lowest BCUT2D eigenvalue weighted by Crippen LogP contribution is -2.34. The lowest BCUT2D eigenvalue weighted by molar-refractivity contribution is -0.121. The zero-order chi connectivity index (χ0) is 22.5. The number of carbonyl (C=O) groups is 3. The Balaban J connectivity index is 1.96. The normalized spacial score (nSPS) is 10.7. The van der Waals surface area contributed by atoms with Gasteiger partial charge in [0.05, 0.1) is 19.0 Å². The molecule has 0 unspecified atom stereocenters. The van der Waals surface area contributed by atoms with Gasteiger partial charge in [-0.3, -0.25) is 19.0 Å². The Morgan fingerprint density at radius 2 is 1.71 bits per heavy atom. The van der Waals surface area contributed by atoms with Crippen LogP contribution >= 0.6 is 11.6 Å². The van der Waals surface area contributed by atoms with E-state index >= 15 is 0 Å². The highest BCUT2D eigenvalue weighted by Gasteiger charge is 2.22. The topological polar surface area (TPSA) is 89.4 Å². The van der Waals surface area contributed by atoms with Gasteiger partial charge in [-0.2, -0.15) is 0 Å². The molecule has 0 fully saturated rings. The van der Waals surface area contributed by atoms with Gasteiger partial charge < -0.3 is 15.4 Å². The molecule has 3 rings (SSSR count). The Labute approximate surface area is 185 Å². The van der Waals surface area contributed by atoms with E-state index in [0.717, 1.165) is 10.9 Å². The average Bonchev–Trinajstić information content (AvgIpc) is 3.01. The highest BCUT2D eigenvalue weighted by Crippen LogP contribution is 2.30. The van der Waals surface area contributed by atoms with E-state index in [1.54, 1.807) is 42.0 Å². The van der Waals surface area contributed by atoms with Gasteiger partial charge in [0.25, 0.3) is 5.91 Å². The van der Waals surface area contributed by atoms with Crippen LogP contribution in [-0.2, 0) is 16.0 Å². The van der Waals surface area contributed by atoms with Gasteiger partial charge in [0.2, 0.25) is 11.8 Å². The van der Waals surface area contributed by atoms with Gasteiger partial charge in [0, 0.05) is 41.7 Å². The number of carbonyl (C=O) groups excluding carboxylic acids is 3. The standard InChI is InChI=1S/C23H24ClN3O4/c1-14-19(13-22(29)26-11-10-25-15(2)28)20-12-18(31-3)8-9-21(20)27(14)23(30)16-4-6-17(24)7-5-16/h4-9,12H,10-11,13H2,1-3H3,(H,25,28)(H,26,29). The molecule has 1 heterocycles. The molecule has 0 bridgehead atoms. The summed E-state index contributed by atoms with van der Waals surface area (Å²) in [7, 11) is 1.57. The Bertz CT molecular complexity index is 1140. The molecule has 0 aliphatic carbocycles. The summed E-state index contributed by atoms with van der Waals surface area (Å²) < 4.78 is 6.95. The lowest BCUT2D eigenvalue weighted by atomic mass is 10.1. The number of benzene rings is 2. The van der Waals surface area contributed by atoms with Crippen molar-refractivity contribution >= 4 is 40.2 Å². The molecular formula is C23H24ClN3O4. The summed E-state index contributed by atoms with van der Waals surface area (Å²) in [6.07, 6.45) is 0.0937. The summed E-state index contributed by atoms with van der Waals surface area (Å²) in [5.41, 5.74) is 2.61. The summed E-state index contributed by atoms with van der Waals surface area (Å²) in [5.74, 6) is 0.0767. The maximum Gasteiger partial charge on any atom is 0.262 e. The van der Waals surface area contributed by atoms with Crippen molar-refractivity contribution in [1.29, 1.82) is 0 Å². The third kappa shape index (κ3) is 5.06. The molecule has 0 saturated carbocycles. The zero-order valence-corrected chi connectivity index (χ0v) is 18.4. The van der Waals surface area contributed by atoms with Crippen molar-refractivity contribution in [2.75, 3.05) is 20.2 Å². The first kappa shape index (κ1) is 22.4. The quantitative estimate of drug-likeness (QED) is 0.551. The fraction of sp³-hybridized carbons (Fsp3) is 0.261. The van der Waals surface area contributed by atoms with Gasteiger partial charge in [-0.05, 0) is 55.0 Å². The fourth-order valence-electron chi connectivity index (χ4n) is 3.46. The van der Waals surface area contributed by atoms with Crippen LogP contribution in [0.25, 0.3) is 10.9 Å². The fourth-order valence-corrected chi connectivity index (χ4v) is 3.59. The van der Waals surface area contributed by atoms with Gasteiger partial charge in [-0.15, -0.1) is 0 Å². The van der Waals surface area contributed by atoms with Crippen molar-refractivity contribution in [2.45, 2.75) is 20.3 Å². The van der Waals surface area contributed by atoms with Crippen LogP contribution in [0.4, 0.5) is 0 Å². The number of nitrogens with one attached hydrogen (secondary N) is 2. The molecule has 8 heteroatoms. The van der Waals surface area contributed by atoms with Gasteiger partial charge in [-0.1, -0.05) is 11.6 Å². The Morgan fingerprint density at radius 3 is 2.35 bits per heavy atom. The first-order valence-electron chi connectivity index (χ1n) is 9.81. The number of halogens is 1. The average molecular weight is 442 g/mol. The minimum atomic E-state index is -0.207. The Morgan fingerprint density at radius 1 is 1.03 bits per heavy atom. The van der Waals surface area contributed by atoms with Crippen molar-refractivity contribution in [3.63, 3.8) is 0 Å². The minimum Gasteiger partial charge on any atom is -0.497 e. The van der Waals surface area contributed by atoms with Crippen LogP contribution in [0, 0.1) is 6.92 Å². The SMILES string of the molecule is COc1ccc2c(c1)c(CC(=O)NCCNC(C)=O)c(C)n2C(=O)c1ccc(Cl)cc1. The van der Waals surface area contributed by atoms with Crippen molar-refractivity contribution in [2.24, 2.45) is 0 Å². The second-order valence-electron chi connectivity index (χ2n) is 7.10. The van der Waals surface area contributed by atoms with E-state index in [-0.39, 0.29) is 24.1 Å². The molecule has 1 aromatic heterocycles. The first-order valence-corrected chi connectivity index (χ1v) is 10.2. The summed E-state index contributed by atoms with van der Waals surface area (Å²) in [5, 5.41) is 6.75. The van der Waals surface area contributed by atoms with E-state index in [2.05, 4.69) is 10.6 Å². The van der Waals surface area contributed by atoms with E-state index < -0.39 is 0 Å². The first-order chi connectivity index (χ1) is 14.8. The maximum atomic E-state index is 13.3. The van der Waals surface area contributed by atoms with Crippen molar-refractivity contribution in [3.8, 4) is 5.75 Å². The van der Waals surface area contributed by atoms with Crippen molar-refractivity contribution in [1.82, 2.24) is 15.2 Å². The van der Waals surface area contributed by atoms with E-state index in [0.29, 0.717) is 40.6 Å². The molecule has 7 nitrogen and oxygen atoms in total. The van der Waals surface area contributed by atoms with Crippen LogP contribution in [0.1, 0.15) is 28.5 Å². The van der Waals surface area contributed by atoms with Gasteiger partial charge >= 0.3 is 0 Å². The van der Waals surface area contributed by atoms with Gasteiger partial charge in [0.15, 0.2) is 0 Å². The van der Waals surface area contributed by atoms with E-state index in [4.69, 9.17) is 16.3 Å². The zero-order valence-electron chi connectivity index (χ0n) is 17.6. The lowest BCUT2D eigenvalue weighted by Gasteiger charge is -2.08. The second-order valence-corrected chi connectivity index (χ2v) is 7.54. The van der Waals surface area contributed by atoms with Crippen LogP contribution in [0.3, 0.4) is 0 Å². The van der Waals surface area contributed by atoms with Crippen molar-refractivity contribution < 1.29 is 19.1 Å². The third-order valence-corrected chi connectivity index (χ3v) is 5.25. The molecule has 3 aromatic rings. The third-order valence-electron chi connectivity index (χ3n) is 4.99. The molecule has 0 spiro atoms. The number of nitrogens with zero attached hydrogens (tertiary/aromatic N) is 1. The highest BCUT2D eigenvalue weighted by molar-refractivity contribution is 6.30. The molecule has 0 aliphatic heterocycles. The molecule has 162 valence electrons. The van der Waals surface area contributed by atoms with Crippen LogP contribution in [-0.4, -0.2) is 42.5 Å². The number of aromatic nitrogens is 1. The molecule has 0 saturated heterocycles. The van der Waals surface area contributed by atoms with Crippen LogP contribution in [0.2, 0.25) is 5.02 Å². The number of hydrogen-bond acceptors (Lipinski definition) is 4. The molecule has 2 aromatic carbocycles. The summed E-state index contributed by atoms with van der Waals surface area (Å²) in [6, 6.07) is 12.1. The number of ether oxygens (including phenoxy) is 1. The molecule has 2 amide bonds. The van der Waals surface area contributed by atoms with Gasteiger partial charge in [-0.25, -0.2) is 0 Å². The number of fused-ring (bicyclic) bond motifs is 1. The van der Waals surface area contributed by atoms with Crippen LogP contribution in [0.15, 0.2) is 42.5 Å². The number of hydrogen-bond donors (Lipinski definition) is 2.